The van der Waals surface area contributed by atoms with Crippen LogP contribution in [-0.4, -0.2) is 35.9 Å². The molecule has 0 aliphatic heterocycles. The lowest BCUT2D eigenvalue weighted by atomic mass is 10.1. The first-order chi connectivity index (χ1) is 13.4. The van der Waals surface area contributed by atoms with Crippen molar-refractivity contribution in [2.24, 2.45) is 0 Å². The number of rotatable bonds is 8. The van der Waals surface area contributed by atoms with Gasteiger partial charge in [0.15, 0.2) is 5.76 Å². The van der Waals surface area contributed by atoms with E-state index in [4.69, 9.17) is 9.15 Å². The highest BCUT2D eigenvalue weighted by atomic mass is 16.6. The van der Waals surface area contributed by atoms with E-state index in [-0.39, 0.29) is 30.3 Å². The summed E-state index contributed by atoms with van der Waals surface area (Å²) in [6.45, 7) is 1.21. The van der Waals surface area contributed by atoms with Crippen LogP contribution >= 0.6 is 0 Å². The van der Waals surface area contributed by atoms with Crippen LogP contribution in [0.15, 0.2) is 52.8 Å². The van der Waals surface area contributed by atoms with Crippen molar-refractivity contribution in [3.63, 3.8) is 0 Å². The third-order valence-corrected chi connectivity index (χ3v) is 3.32. The second kappa shape index (κ2) is 9.67. The molecule has 0 saturated carbocycles. The van der Waals surface area contributed by atoms with Crippen LogP contribution in [-0.2, 0) is 14.3 Å². The van der Waals surface area contributed by atoms with Gasteiger partial charge in [0.25, 0.3) is 17.5 Å². The number of nitro benzene ring substituents is 1. The lowest BCUT2D eigenvalue weighted by Gasteiger charge is -2.10. The van der Waals surface area contributed by atoms with Crippen LogP contribution in [0, 0.1) is 10.1 Å². The molecule has 2 amide bonds. The normalized spacial score (nSPS) is 10.8. The summed E-state index contributed by atoms with van der Waals surface area (Å²) in [7, 11) is 0. The summed E-state index contributed by atoms with van der Waals surface area (Å²) in [6, 6.07) is 8.48. The Bertz CT molecular complexity index is 904. The number of esters is 1. The van der Waals surface area contributed by atoms with Crippen LogP contribution in [0.5, 0.6) is 0 Å². The summed E-state index contributed by atoms with van der Waals surface area (Å²) in [5, 5.41) is 15.8. The van der Waals surface area contributed by atoms with Gasteiger partial charge in [0, 0.05) is 19.1 Å². The average molecular weight is 387 g/mol. The van der Waals surface area contributed by atoms with Crippen molar-refractivity contribution < 1.29 is 28.5 Å². The third-order valence-electron chi connectivity index (χ3n) is 3.32. The number of carbonyl (C=O) groups is 3. The van der Waals surface area contributed by atoms with Crippen molar-refractivity contribution in [2.75, 3.05) is 13.2 Å². The Balaban J connectivity index is 2.20. The Hall–Kier alpha value is -3.95. The zero-order valence-electron chi connectivity index (χ0n) is 14.8. The van der Waals surface area contributed by atoms with Crippen molar-refractivity contribution >= 4 is 29.5 Å². The maximum absolute atomic E-state index is 12.4. The molecule has 0 bridgehead atoms. The second-order valence-electron chi connectivity index (χ2n) is 5.44. The van der Waals surface area contributed by atoms with Gasteiger partial charge < -0.3 is 19.8 Å². The number of benzene rings is 1. The van der Waals surface area contributed by atoms with Crippen molar-refractivity contribution in [2.45, 2.75) is 6.92 Å². The number of nitro groups is 1. The molecule has 0 unspecified atom stereocenters. The van der Waals surface area contributed by atoms with Crippen molar-refractivity contribution in [1.29, 1.82) is 0 Å². The Morgan fingerprint density at radius 3 is 2.68 bits per heavy atom. The first kappa shape index (κ1) is 20.4. The number of nitrogens with one attached hydrogen (secondary N) is 2. The van der Waals surface area contributed by atoms with E-state index in [0.717, 1.165) is 0 Å². The van der Waals surface area contributed by atoms with E-state index in [2.05, 4.69) is 10.6 Å². The van der Waals surface area contributed by atoms with E-state index in [0.29, 0.717) is 5.56 Å². The summed E-state index contributed by atoms with van der Waals surface area (Å²) in [5.41, 5.74) is 0.00420. The predicted molar refractivity (Wildman–Crippen MR) is 96.9 cm³/mol. The highest BCUT2D eigenvalue weighted by Gasteiger charge is 2.16. The van der Waals surface area contributed by atoms with Gasteiger partial charge in [0.1, 0.15) is 12.3 Å². The fraction of sp³-hybridized carbons (Fsp3) is 0.167. The number of non-ortho nitro benzene ring substituents is 1. The van der Waals surface area contributed by atoms with Crippen molar-refractivity contribution in [3.05, 3.63) is 69.8 Å². The topological polar surface area (TPSA) is 141 Å². The molecule has 10 nitrogen and oxygen atoms in total. The van der Waals surface area contributed by atoms with Crippen LogP contribution in [0.3, 0.4) is 0 Å². The zero-order chi connectivity index (χ0) is 20.5. The number of ether oxygens (including phenoxy) is 1. The Morgan fingerprint density at radius 2 is 2.04 bits per heavy atom. The van der Waals surface area contributed by atoms with Gasteiger partial charge in [-0.25, -0.2) is 0 Å². The number of hydrogen-bond donors (Lipinski definition) is 2. The maximum Gasteiger partial charge on any atom is 0.302 e. The smallest absolute Gasteiger partial charge is 0.302 e. The molecule has 28 heavy (non-hydrogen) atoms. The predicted octanol–water partition coefficient (Wildman–Crippen LogP) is 1.64. The van der Waals surface area contributed by atoms with Gasteiger partial charge in [-0.15, -0.1) is 0 Å². The first-order valence-electron chi connectivity index (χ1n) is 8.09. The molecule has 10 heteroatoms. The fourth-order valence-corrected chi connectivity index (χ4v) is 2.10. The molecule has 0 aliphatic rings. The highest BCUT2D eigenvalue weighted by molar-refractivity contribution is 6.04. The number of carbonyl (C=O) groups excluding carboxylic acids is 3. The van der Waals surface area contributed by atoms with E-state index >= 15 is 0 Å². The quantitative estimate of drug-likeness (QED) is 0.231. The molecule has 0 aliphatic carbocycles. The second-order valence-corrected chi connectivity index (χ2v) is 5.44. The van der Waals surface area contributed by atoms with Gasteiger partial charge in [0.2, 0.25) is 0 Å². The van der Waals surface area contributed by atoms with Crippen LogP contribution in [0.25, 0.3) is 6.08 Å². The molecule has 1 aromatic carbocycles. The SMILES string of the molecule is CC(=O)OCCNC(=O)/C(=C/c1cccc([N+](=O)[O-])c1)NC(=O)c1ccco1. The molecule has 0 radical (unpaired) electrons. The Labute approximate surface area is 159 Å². The monoisotopic (exact) mass is 387 g/mol. The van der Waals surface area contributed by atoms with Crippen molar-refractivity contribution in [1.82, 2.24) is 10.6 Å². The van der Waals surface area contributed by atoms with Crippen LogP contribution in [0.1, 0.15) is 23.0 Å². The maximum atomic E-state index is 12.4. The van der Waals surface area contributed by atoms with E-state index < -0.39 is 22.7 Å². The first-order valence-corrected chi connectivity index (χ1v) is 8.09. The summed E-state index contributed by atoms with van der Waals surface area (Å²) < 4.78 is 9.71. The molecular formula is C18H17N3O7. The van der Waals surface area contributed by atoms with Gasteiger partial charge in [-0.3, -0.25) is 24.5 Å². The summed E-state index contributed by atoms with van der Waals surface area (Å²) in [6.07, 6.45) is 2.59. The fourth-order valence-electron chi connectivity index (χ4n) is 2.10. The molecule has 2 rings (SSSR count). The van der Waals surface area contributed by atoms with E-state index in [1.54, 1.807) is 0 Å². The minimum Gasteiger partial charge on any atom is -0.464 e. The number of nitrogens with zero attached hydrogens (tertiary/aromatic N) is 1. The highest BCUT2D eigenvalue weighted by Crippen LogP contribution is 2.15. The molecule has 2 aromatic rings. The minimum atomic E-state index is -0.670. The lowest BCUT2D eigenvalue weighted by Crippen LogP contribution is -2.36. The molecular weight excluding hydrogens is 370 g/mol. The number of amides is 2. The number of hydrogen-bond acceptors (Lipinski definition) is 7. The van der Waals surface area contributed by atoms with Gasteiger partial charge in [-0.1, -0.05) is 12.1 Å². The Kier molecular flexibility index (Phi) is 7.03. The van der Waals surface area contributed by atoms with Gasteiger partial charge in [0.05, 0.1) is 17.7 Å². The molecule has 0 fully saturated rings. The third kappa shape index (κ3) is 6.09. The molecule has 146 valence electrons. The summed E-state index contributed by atoms with van der Waals surface area (Å²) in [4.78, 5) is 45.7. The van der Waals surface area contributed by atoms with E-state index in [1.165, 1.54) is 55.7 Å². The van der Waals surface area contributed by atoms with Gasteiger partial charge in [-0.2, -0.15) is 0 Å². The molecule has 0 saturated heterocycles. The molecule has 1 aromatic heterocycles. The van der Waals surface area contributed by atoms with E-state index in [1.807, 2.05) is 0 Å². The molecule has 2 N–H and O–H groups in total. The minimum absolute atomic E-state index is 0.0152. The summed E-state index contributed by atoms with van der Waals surface area (Å²) in [5.74, 6) is -1.85. The molecule has 0 spiro atoms. The van der Waals surface area contributed by atoms with Crippen LogP contribution in [0.2, 0.25) is 0 Å². The van der Waals surface area contributed by atoms with Crippen molar-refractivity contribution in [3.8, 4) is 0 Å². The molecule has 1 heterocycles. The van der Waals surface area contributed by atoms with Crippen LogP contribution < -0.4 is 10.6 Å². The van der Waals surface area contributed by atoms with E-state index in [9.17, 15) is 24.5 Å². The Morgan fingerprint density at radius 1 is 1.25 bits per heavy atom. The zero-order valence-corrected chi connectivity index (χ0v) is 14.8. The van der Waals surface area contributed by atoms with Gasteiger partial charge >= 0.3 is 5.97 Å². The average Bonchev–Trinajstić information content (AvgIpc) is 3.19. The number of furan rings is 1. The molecule has 0 atom stereocenters. The lowest BCUT2D eigenvalue weighted by molar-refractivity contribution is -0.384. The van der Waals surface area contributed by atoms with Gasteiger partial charge in [-0.05, 0) is 23.8 Å². The standard InChI is InChI=1S/C18H17N3O7/c1-12(22)27-9-7-19-17(23)15(20-18(24)16-6-3-8-28-16)11-13-4-2-5-14(10-13)21(25)26/h2-6,8,10-11H,7,9H2,1H3,(H,19,23)(H,20,24)/b15-11-. The van der Waals surface area contributed by atoms with Crippen LogP contribution in [0.4, 0.5) is 5.69 Å². The largest absolute Gasteiger partial charge is 0.464 e. The summed E-state index contributed by atoms with van der Waals surface area (Å²) >= 11 is 0.